The van der Waals surface area contributed by atoms with E-state index >= 15 is 0 Å². The lowest BCUT2D eigenvalue weighted by atomic mass is 10.1. The molecule has 0 fully saturated rings. The van der Waals surface area contributed by atoms with Crippen LogP contribution in [0, 0.1) is 6.92 Å². The predicted octanol–water partition coefficient (Wildman–Crippen LogP) is 3.37. The lowest BCUT2D eigenvalue weighted by Gasteiger charge is -2.11. The zero-order chi connectivity index (χ0) is 12.4. The molecular formula is C14H18N2O. The third-order valence-electron chi connectivity index (χ3n) is 2.59. The molecule has 2 rings (SSSR count). The fraction of sp³-hybridized carbons (Fsp3) is 0.357. The van der Waals surface area contributed by atoms with E-state index in [4.69, 9.17) is 4.74 Å². The van der Waals surface area contributed by atoms with E-state index in [1.54, 1.807) is 0 Å². The topological polar surface area (TPSA) is 34.2 Å². The van der Waals surface area contributed by atoms with Crippen molar-refractivity contribution in [2.75, 3.05) is 12.4 Å². The van der Waals surface area contributed by atoms with Crippen LogP contribution in [0.5, 0.6) is 5.75 Å². The smallest absolute Gasteiger partial charge is 0.129 e. The van der Waals surface area contributed by atoms with Gasteiger partial charge < -0.3 is 10.1 Å². The van der Waals surface area contributed by atoms with Crippen molar-refractivity contribution in [3.8, 4) is 5.75 Å². The monoisotopic (exact) mass is 230 g/mol. The van der Waals surface area contributed by atoms with Crippen LogP contribution < -0.4 is 10.1 Å². The van der Waals surface area contributed by atoms with E-state index in [1.807, 2.05) is 46.0 Å². The van der Waals surface area contributed by atoms with Crippen molar-refractivity contribution in [3.05, 3.63) is 29.8 Å². The zero-order valence-corrected chi connectivity index (χ0v) is 10.7. The van der Waals surface area contributed by atoms with Crippen LogP contribution in [0.3, 0.4) is 0 Å². The molecule has 0 saturated heterocycles. The summed E-state index contributed by atoms with van der Waals surface area (Å²) < 4.78 is 5.68. The molecule has 3 nitrogen and oxygen atoms in total. The molecule has 0 saturated carbocycles. The minimum atomic E-state index is 0.193. The number of rotatable bonds is 3. The molecule has 90 valence electrons. The summed E-state index contributed by atoms with van der Waals surface area (Å²) in [5.41, 5.74) is 2.12. The maximum absolute atomic E-state index is 5.68. The molecule has 0 atom stereocenters. The summed E-state index contributed by atoms with van der Waals surface area (Å²) in [6.07, 6.45) is 0.193. The SMILES string of the molecule is CNc1nc2ccc(OC(C)C)cc2cc1C. The lowest BCUT2D eigenvalue weighted by Crippen LogP contribution is -2.05. The highest BCUT2D eigenvalue weighted by atomic mass is 16.5. The van der Waals surface area contributed by atoms with Crippen LogP contribution in [0.2, 0.25) is 0 Å². The minimum Gasteiger partial charge on any atom is -0.491 e. The van der Waals surface area contributed by atoms with Gasteiger partial charge in [-0.05, 0) is 50.6 Å². The number of nitrogens with one attached hydrogen (secondary N) is 1. The fourth-order valence-corrected chi connectivity index (χ4v) is 1.86. The first-order chi connectivity index (χ1) is 8.10. The van der Waals surface area contributed by atoms with E-state index in [-0.39, 0.29) is 6.10 Å². The van der Waals surface area contributed by atoms with Crippen molar-refractivity contribution in [2.45, 2.75) is 26.9 Å². The number of hydrogen-bond acceptors (Lipinski definition) is 3. The van der Waals surface area contributed by atoms with Crippen molar-refractivity contribution >= 4 is 16.7 Å². The Morgan fingerprint density at radius 2 is 2.00 bits per heavy atom. The Hall–Kier alpha value is -1.77. The van der Waals surface area contributed by atoms with Crippen LogP contribution in [-0.4, -0.2) is 18.1 Å². The Labute approximate surface area is 102 Å². The number of hydrogen-bond donors (Lipinski definition) is 1. The molecule has 1 aromatic heterocycles. The molecule has 0 radical (unpaired) electrons. The standard InChI is InChI=1S/C14H18N2O/c1-9(2)17-12-5-6-13-11(8-12)7-10(3)14(15-4)16-13/h5-9H,1-4H3,(H,15,16). The highest BCUT2D eigenvalue weighted by Gasteiger charge is 2.04. The van der Waals surface area contributed by atoms with Gasteiger partial charge in [-0.1, -0.05) is 0 Å². The van der Waals surface area contributed by atoms with Crippen LogP contribution >= 0.6 is 0 Å². The molecule has 2 aromatic rings. The van der Waals surface area contributed by atoms with Crippen LogP contribution in [0.4, 0.5) is 5.82 Å². The highest BCUT2D eigenvalue weighted by Crippen LogP contribution is 2.24. The molecule has 3 heteroatoms. The zero-order valence-electron chi connectivity index (χ0n) is 10.7. The van der Waals surface area contributed by atoms with Crippen LogP contribution in [0.25, 0.3) is 10.9 Å². The van der Waals surface area contributed by atoms with E-state index in [0.717, 1.165) is 28.0 Å². The number of nitrogens with zero attached hydrogens (tertiary/aromatic N) is 1. The minimum absolute atomic E-state index is 0.193. The van der Waals surface area contributed by atoms with Crippen molar-refractivity contribution < 1.29 is 4.74 Å². The molecule has 0 amide bonds. The van der Waals surface area contributed by atoms with Crippen LogP contribution in [0.15, 0.2) is 24.3 Å². The quantitative estimate of drug-likeness (QED) is 0.877. The second kappa shape index (κ2) is 4.62. The van der Waals surface area contributed by atoms with Crippen LogP contribution in [-0.2, 0) is 0 Å². The summed E-state index contributed by atoms with van der Waals surface area (Å²) in [5.74, 6) is 1.82. The summed E-state index contributed by atoms with van der Waals surface area (Å²) >= 11 is 0. The Bertz CT molecular complexity index is 535. The molecule has 0 bridgehead atoms. The number of aromatic nitrogens is 1. The van der Waals surface area contributed by atoms with Gasteiger partial charge in [0.1, 0.15) is 11.6 Å². The maximum Gasteiger partial charge on any atom is 0.129 e. The molecule has 0 spiro atoms. The summed E-state index contributed by atoms with van der Waals surface area (Å²) in [4.78, 5) is 4.55. The van der Waals surface area contributed by atoms with Gasteiger partial charge >= 0.3 is 0 Å². The summed E-state index contributed by atoms with van der Waals surface area (Å²) in [6.45, 7) is 6.10. The Kier molecular flexibility index (Phi) is 3.18. The first kappa shape index (κ1) is 11.7. The van der Waals surface area contributed by atoms with Gasteiger partial charge in [-0.15, -0.1) is 0 Å². The van der Waals surface area contributed by atoms with Crippen molar-refractivity contribution in [3.63, 3.8) is 0 Å². The van der Waals surface area contributed by atoms with E-state index in [2.05, 4.69) is 16.4 Å². The number of pyridine rings is 1. The molecule has 1 heterocycles. The van der Waals surface area contributed by atoms with E-state index in [9.17, 15) is 0 Å². The average molecular weight is 230 g/mol. The molecule has 0 aliphatic heterocycles. The van der Waals surface area contributed by atoms with Gasteiger partial charge in [0.25, 0.3) is 0 Å². The summed E-state index contributed by atoms with van der Waals surface area (Å²) in [5, 5.41) is 4.20. The first-order valence-corrected chi connectivity index (χ1v) is 5.86. The maximum atomic E-state index is 5.68. The number of aryl methyl sites for hydroxylation is 1. The Morgan fingerprint density at radius 3 is 2.65 bits per heavy atom. The molecule has 0 aliphatic rings. The lowest BCUT2D eigenvalue weighted by molar-refractivity contribution is 0.243. The Balaban J connectivity index is 2.47. The molecule has 0 unspecified atom stereocenters. The molecule has 0 aliphatic carbocycles. The van der Waals surface area contributed by atoms with Gasteiger partial charge in [-0.3, -0.25) is 0 Å². The summed E-state index contributed by atoms with van der Waals surface area (Å²) in [7, 11) is 1.89. The van der Waals surface area contributed by atoms with Gasteiger partial charge in [0.15, 0.2) is 0 Å². The Morgan fingerprint density at radius 1 is 1.24 bits per heavy atom. The van der Waals surface area contributed by atoms with Crippen molar-refractivity contribution in [1.82, 2.24) is 4.98 Å². The summed E-state index contributed by atoms with van der Waals surface area (Å²) in [6, 6.07) is 8.12. The van der Waals surface area contributed by atoms with Crippen molar-refractivity contribution in [2.24, 2.45) is 0 Å². The van der Waals surface area contributed by atoms with E-state index < -0.39 is 0 Å². The first-order valence-electron chi connectivity index (χ1n) is 5.86. The second-order valence-electron chi connectivity index (χ2n) is 4.42. The second-order valence-corrected chi connectivity index (χ2v) is 4.42. The van der Waals surface area contributed by atoms with Gasteiger partial charge in [-0.2, -0.15) is 0 Å². The fourth-order valence-electron chi connectivity index (χ4n) is 1.86. The average Bonchev–Trinajstić information content (AvgIpc) is 2.27. The predicted molar refractivity (Wildman–Crippen MR) is 71.8 cm³/mol. The third-order valence-corrected chi connectivity index (χ3v) is 2.59. The number of benzene rings is 1. The van der Waals surface area contributed by atoms with Crippen molar-refractivity contribution in [1.29, 1.82) is 0 Å². The third kappa shape index (κ3) is 2.49. The largest absolute Gasteiger partial charge is 0.491 e. The molecule has 1 aromatic carbocycles. The normalized spacial score (nSPS) is 10.9. The van der Waals surface area contributed by atoms with E-state index in [1.165, 1.54) is 0 Å². The number of anilines is 1. The van der Waals surface area contributed by atoms with Gasteiger partial charge in [0.2, 0.25) is 0 Å². The number of fused-ring (bicyclic) bond motifs is 1. The number of ether oxygens (including phenoxy) is 1. The van der Waals surface area contributed by atoms with Gasteiger partial charge in [0, 0.05) is 12.4 Å². The molecule has 1 N–H and O–H groups in total. The van der Waals surface area contributed by atoms with Gasteiger partial charge in [0.05, 0.1) is 11.6 Å². The molecule has 17 heavy (non-hydrogen) atoms. The van der Waals surface area contributed by atoms with Gasteiger partial charge in [-0.25, -0.2) is 4.98 Å². The van der Waals surface area contributed by atoms with E-state index in [0.29, 0.717) is 0 Å². The molecular weight excluding hydrogens is 212 g/mol. The highest BCUT2D eigenvalue weighted by molar-refractivity contribution is 5.83. The van der Waals surface area contributed by atoms with Crippen LogP contribution in [0.1, 0.15) is 19.4 Å².